The van der Waals surface area contributed by atoms with Crippen LogP contribution in [0.4, 0.5) is 0 Å². The predicted octanol–water partition coefficient (Wildman–Crippen LogP) is 1.83. The molecule has 2 saturated heterocycles. The van der Waals surface area contributed by atoms with Crippen LogP contribution < -0.4 is 0 Å². The molecule has 2 bridgehead atoms. The number of esters is 1. The van der Waals surface area contributed by atoms with Crippen molar-refractivity contribution in [1.82, 2.24) is 0 Å². The van der Waals surface area contributed by atoms with Crippen LogP contribution in [0.25, 0.3) is 0 Å². The van der Waals surface area contributed by atoms with Gasteiger partial charge in [-0.05, 0) is 12.3 Å². The number of cyclic esters (lactones) is 1. The van der Waals surface area contributed by atoms with Crippen molar-refractivity contribution in [3.8, 4) is 0 Å². The molecule has 3 aliphatic heterocycles. The molecule has 0 spiro atoms. The van der Waals surface area contributed by atoms with E-state index >= 15 is 0 Å². The highest BCUT2D eigenvalue weighted by atomic mass is 16.7. The number of carbonyl (C=O) groups excluding carboxylic acids is 1. The van der Waals surface area contributed by atoms with Crippen LogP contribution in [-0.2, 0) is 23.7 Å². The van der Waals surface area contributed by atoms with Gasteiger partial charge in [0.15, 0.2) is 0 Å². The van der Waals surface area contributed by atoms with Crippen LogP contribution in [-0.4, -0.2) is 44.3 Å². The molecular weight excluding hydrogens is 272 g/mol. The lowest BCUT2D eigenvalue weighted by atomic mass is 9.80. The van der Waals surface area contributed by atoms with Gasteiger partial charge in [0.05, 0.1) is 12.2 Å². The minimum absolute atomic E-state index is 0.0128. The summed E-state index contributed by atoms with van der Waals surface area (Å²) < 4.78 is 22.4. The Kier molecular flexibility index (Phi) is 4.42. The van der Waals surface area contributed by atoms with Gasteiger partial charge >= 0.3 is 5.97 Å². The number of hydrogen-bond acceptors (Lipinski definition) is 5. The molecule has 5 heteroatoms. The lowest BCUT2D eigenvalue weighted by Gasteiger charge is -2.32. The highest BCUT2D eigenvalue weighted by molar-refractivity contribution is 5.71. The van der Waals surface area contributed by atoms with Crippen LogP contribution in [0.15, 0.2) is 24.3 Å². The second-order valence-corrected chi connectivity index (χ2v) is 5.88. The third kappa shape index (κ3) is 2.91. The molecule has 0 unspecified atom stereocenters. The van der Waals surface area contributed by atoms with Crippen molar-refractivity contribution in [3.63, 3.8) is 0 Å². The van der Waals surface area contributed by atoms with Crippen molar-refractivity contribution in [2.24, 2.45) is 11.8 Å². The normalized spacial score (nSPS) is 39.3. The van der Waals surface area contributed by atoms with E-state index < -0.39 is 0 Å². The van der Waals surface area contributed by atoms with Gasteiger partial charge in [-0.1, -0.05) is 31.2 Å². The molecule has 5 nitrogen and oxygen atoms in total. The van der Waals surface area contributed by atoms with Crippen LogP contribution in [0, 0.1) is 11.8 Å². The second-order valence-electron chi connectivity index (χ2n) is 5.88. The molecule has 3 heterocycles. The van der Waals surface area contributed by atoms with Crippen LogP contribution in [0.2, 0.25) is 0 Å². The Balaban J connectivity index is 1.80. The van der Waals surface area contributed by atoms with Gasteiger partial charge in [-0.25, -0.2) is 0 Å². The van der Waals surface area contributed by atoms with E-state index in [4.69, 9.17) is 18.9 Å². The summed E-state index contributed by atoms with van der Waals surface area (Å²) in [6.07, 6.45) is 9.01. The fourth-order valence-corrected chi connectivity index (χ4v) is 3.53. The first-order valence-corrected chi connectivity index (χ1v) is 7.51. The van der Waals surface area contributed by atoms with Crippen molar-refractivity contribution in [2.45, 2.75) is 44.2 Å². The number of carbonyl (C=O) groups is 1. The second kappa shape index (κ2) is 6.30. The lowest BCUT2D eigenvalue weighted by Crippen LogP contribution is -2.42. The summed E-state index contributed by atoms with van der Waals surface area (Å²) in [4.78, 5) is 11.4. The number of ether oxygens (including phenoxy) is 4. The van der Waals surface area contributed by atoms with Crippen LogP contribution in [0.5, 0.6) is 0 Å². The van der Waals surface area contributed by atoms with Crippen LogP contribution in [0.1, 0.15) is 19.8 Å². The van der Waals surface area contributed by atoms with E-state index in [1.54, 1.807) is 7.11 Å². The highest BCUT2D eigenvalue weighted by Gasteiger charge is 2.49. The summed E-state index contributed by atoms with van der Waals surface area (Å²) in [5.74, 6) is 0.313. The summed E-state index contributed by atoms with van der Waals surface area (Å²) >= 11 is 0. The molecule has 0 aliphatic carbocycles. The van der Waals surface area contributed by atoms with Gasteiger partial charge in [0, 0.05) is 19.4 Å². The topological polar surface area (TPSA) is 54.0 Å². The van der Waals surface area contributed by atoms with E-state index in [2.05, 4.69) is 19.1 Å². The summed E-state index contributed by atoms with van der Waals surface area (Å²) in [5.41, 5.74) is 0. The molecule has 6 atom stereocenters. The summed E-state index contributed by atoms with van der Waals surface area (Å²) in [6, 6.07) is 0. The number of rotatable bonds is 5. The van der Waals surface area contributed by atoms with Crippen molar-refractivity contribution < 1.29 is 23.7 Å². The predicted molar refractivity (Wildman–Crippen MR) is 75.5 cm³/mol. The Morgan fingerprint density at radius 2 is 2.10 bits per heavy atom. The van der Waals surface area contributed by atoms with Gasteiger partial charge in [-0.15, -0.1) is 0 Å². The lowest BCUT2D eigenvalue weighted by molar-refractivity contribution is -0.163. The summed E-state index contributed by atoms with van der Waals surface area (Å²) in [5, 5.41) is 0. The van der Waals surface area contributed by atoms with Gasteiger partial charge in [0.1, 0.15) is 19.0 Å². The minimum Gasteiger partial charge on any atom is -0.460 e. The van der Waals surface area contributed by atoms with Gasteiger partial charge in [0.25, 0.3) is 0 Å². The largest absolute Gasteiger partial charge is 0.460 e. The fourth-order valence-electron chi connectivity index (χ4n) is 3.53. The zero-order chi connectivity index (χ0) is 14.8. The number of allylic oxidation sites excluding steroid dienone is 2. The maximum absolute atomic E-state index is 11.4. The Labute approximate surface area is 124 Å². The maximum atomic E-state index is 11.4. The number of methoxy groups -OCH3 is 1. The van der Waals surface area contributed by atoms with E-state index in [-0.39, 0.29) is 43.1 Å². The van der Waals surface area contributed by atoms with E-state index in [0.717, 1.165) is 0 Å². The van der Waals surface area contributed by atoms with E-state index in [0.29, 0.717) is 18.8 Å². The Morgan fingerprint density at radius 1 is 1.33 bits per heavy atom. The van der Waals surface area contributed by atoms with Gasteiger partial charge in [-0.2, -0.15) is 0 Å². The first-order chi connectivity index (χ1) is 10.2. The first-order valence-electron chi connectivity index (χ1n) is 7.51. The molecular formula is C16H22O5. The average Bonchev–Trinajstić information content (AvgIpc) is 2.91. The zero-order valence-corrected chi connectivity index (χ0v) is 12.4. The first kappa shape index (κ1) is 14.8. The van der Waals surface area contributed by atoms with Gasteiger partial charge < -0.3 is 18.9 Å². The van der Waals surface area contributed by atoms with Crippen molar-refractivity contribution in [2.75, 3.05) is 13.9 Å². The molecule has 2 fully saturated rings. The SMILES string of the molecule is COCO[C@H]([C@@H]1[C@H](C)[C@H]2C=CC=C[C@@H]1O2)[C@H]1CCC(=O)O1. The maximum Gasteiger partial charge on any atom is 0.306 e. The van der Waals surface area contributed by atoms with E-state index in [1.165, 1.54) is 0 Å². The van der Waals surface area contributed by atoms with E-state index in [1.807, 2.05) is 12.2 Å². The standard InChI is InChI=1S/C16H22O5/c1-10-11-5-3-4-6-12(20-11)15(10)16(19-9-18-2)13-7-8-14(17)21-13/h3-6,10-13,15-16H,7-9H2,1-2H3/t10-,11-,12+,13-,15-,16+/m1/s1. The Hall–Kier alpha value is -1.17. The van der Waals surface area contributed by atoms with Crippen LogP contribution in [0.3, 0.4) is 0 Å². The smallest absolute Gasteiger partial charge is 0.306 e. The summed E-state index contributed by atoms with van der Waals surface area (Å²) in [7, 11) is 1.60. The highest BCUT2D eigenvalue weighted by Crippen LogP contribution is 2.41. The molecule has 21 heavy (non-hydrogen) atoms. The Morgan fingerprint density at radius 3 is 2.76 bits per heavy atom. The zero-order valence-electron chi connectivity index (χ0n) is 12.4. The number of fused-ring (bicyclic) bond motifs is 2. The molecule has 0 saturated carbocycles. The molecule has 116 valence electrons. The molecule has 3 rings (SSSR count). The molecule has 0 aromatic carbocycles. The van der Waals surface area contributed by atoms with Crippen LogP contribution >= 0.6 is 0 Å². The molecule has 0 aromatic rings. The minimum atomic E-state index is -0.207. The monoisotopic (exact) mass is 294 g/mol. The number of hydrogen-bond donors (Lipinski definition) is 0. The molecule has 0 N–H and O–H groups in total. The molecule has 0 amide bonds. The third-order valence-electron chi connectivity index (χ3n) is 4.57. The molecule has 3 aliphatic rings. The summed E-state index contributed by atoms with van der Waals surface area (Å²) in [6.45, 7) is 2.36. The van der Waals surface area contributed by atoms with Crippen molar-refractivity contribution in [1.29, 1.82) is 0 Å². The average molecular weight is 294 g/mol. The molecule has 0 aromatic heterocycles. The fraction of sp³-hybridized carbons (Fsp3) is 0.688. The molecule has 0 radical (unpaired) electrons. The van der Waals surface area contributed by atoms with Gasteiger partial charge in [0.2, 0.25) is 0 Å². The van der Waals surface area contributed by atoms with Gasteiger partial charge in [-0.3, -0.25) is 4.79 Å². The van der Waals surface area contributed by atoms with Crippen molar-refractivity contribution in [3.05, 3.63) is 24.3 Å². The quantitative estimate of drug-likeness (QED) is 0.572. The third-order valence-corrected chi connectivity index (χ3v) is 4.57. The van der Waals surface area contributed by atoms with E-state index in [9.17, 15) is 4.79 Å². The Bertz CT molecular complexity index is 444. The van der Waals surface area contributed by atoms with Crippen molar-refractivity contribution >= 4 is 5.97 Å².